The minimum Gasteiger partial charge on any atom is -0.396 e. The lowest BCUT2D eigenvalue weighted by atomic mass is 9.79. The van der Waals surface area contributed by atoms with Gasteiger partial charge in [-0.25, -0.2) is 18.1 Å². The molecule has 7 nitrogen and oxygen atoms in total. The first kappa shape index (κ1) is 28.1. The number of guanidine groups is 1. The van der Waals surface area contributed by atoms with E-state index in [1.165, 1.54) is 7.05 Å². The Kier molecular flexibility index (Phi) is 13.7. The third kappa shape index (κ3) is 10.1. The summed E-state index contributed by atoms with van der Waals surface area (Å²) in [7, 11) is -1.88. The average molecular weight is 541 g/mol. The van der Waals surface area contributed by atoms with Gasteiger partial charge in [-0.15, -0.1) is 24.0 Å². The highest BCUT2D eigenvalue weighted by atomic mass is 127. The molecule has 0 heterocycles. The summed E-state index contributed by atoms with van der Waals surface area (Å²) >= 11 is 0. The number of sulfonamides is 1. The zero-order valence-electron chi connectivity index (χ0n) is 18.0. The van der Waals surface area contributed by atoms with E-state index in [0.29, 0.717) is 6.54 Å². The van der Waals surface area contributed by atoms with Gasteiger partial charge in [-0.1, -0.05) is 38.1 Å². The van der Waals surface area contributed by atoms with Crippen molar-refractivity contribution in [3.8, 4) is 0 Å². The molecule has 0 radical (unpaired) electrons. The van der Waals surface area contributed by atoms with E-state index in [4.69, 9.17) is 0 Å². The van der Waals surface area contributed by atoms with E-state index < -0.39 is 10.0 Å². The summed E-state index contributed by atoms with van der Waals surface area (Å²) in [4.78, 5) is 4.64. The molecule has 0 amide bonds. The van der Waals surface area contributed by atoms with E-state index in [-0.39, 0.29) is 41.8 Å². The van der Waals surface area contributed by atoms with Gasteiger partial charge in [-0.2, -0.15) is 0 Å². The molecule has 0 atom stereocenters. The minimum atomic E-state index is -3.30. The molecule has 0 unspecified atom stereocenters. The quantitative estimate of drug-likeness (QED) is 0.186. The number of benzene rings is 1. The Bertz CT molecular complexity index is 722. The van der Waals surface area contributed by atoms with Crippen LogP contribution in [0.5, 0.6) is 0 Å². The number of halogens is 1. The summed E-state index contributed by atoms with van der Waals surface area (Å²) in [5, 5.41) is 16.0. The van der Waals surface area contributed by atoms with Crippen molar-refractivity contribution in [3.05, 3.63) is 35.4 Å². The van der Waals surface area contributed by atoms with Crippen molar-refractivity contribution in [1.29, 1.82) is 0 Å². The largest absolute Gasteiger partial charge is 0.396 e. The SMILES string of the molecule is CCNC(=NCc1cccc(CS(=O)(=O)NC)c1)NCC(CC)(CC)CCO.I. The number of aliphatic imine (C=N–C) groups is 1. The molecule has 168 valence electrons. The smallest absolute Gasteiger partial charge is 0.215 e. The second-order valence-electron chi connectivity index (χ2n) is 7.01. The van der Waals surface area contributed by atoms with Crippen LogP contribution in [0.3, 0.4) is 0 Å². The lowest BCUT2D eigenvalue weighted by Crippen LogP contribution is -2.43. The number of nitrogens with zero attached hydrogens (tertiary/aromatic N) is 1. The molecule has 29 heavy (non-hydrogen) atoms. The van der Waals surface area contributed by atoms with Crippen LogP contribution in [0.4, 0.5) is 0 Å². The van der Waals surface area contributed by atoms with Crippen molar-refractivity contribution in [2.24, 2.45) is 10.4 Å². The van der Waals surface area contributed by atoms with Crippen molar-refractivity contribution in [2.75, 3.05) is 26.7 Å². The zero-order valence-corrected chi connectivity index (χ0v) is 21.1. The highest BCUT2D eigenvalue weighted by Crippen LogP contribution is 2.29. The monoisotopic (exact) mass is 540 g/mol. The van der Waals surface area contributed by atoms with E-state index in [1.54, 1.807) is 6.07 Å². The fourth-order valence-electron chi connectivity index (χ4n) is 3.07. The maximum Gasteiger partial charge on any atom is 0.215 e. The van der Waals surface area contributed by atoms with Crippen molar-refractivity contribution in [2.45, 2.75) is 52.3 Å². The van der Waals surface area contributed by atoms with Gasteiger partial charge < -0.3 is 15.7 Å². The summed E-state index contributed by atoms with van der Waals surface area (Å²) < 4.78 is 25.8. The topological polar surface area (TPSA) is 103 Å². The second kappa shape index (κ2) is 14.2. The van der Waals surface area contributed by atoms with Crippen molar-refractivity contribution in [3.63, 3.8) is 0 Å². The molecule has 1 aromatic rings. The van der Waals surface area contributed by atoms with Gasteiger partial charge in [0.15, 0.2) is 5.96 Å². The Morgan fingerprint density at radius 2 is 1.79 bits per heavy atom. The molecule has 0 saturated heterocycles. The summed E-state index contributed by atoms with van der Waals surface area (Å²) in [6.45, 7) is 8.43. The van der Waals surface area contributed by atoms with Gasteiger partial charge in [0.25, 0.3) is 0 Å². The fourth-order valence-corrected chi connectivity index (χ4v) is 3.83. The molecule has 0 fully saturated rings. The third-order valence-corrected chi connectivity index (χ3v) is 6.53. The maximum atomic E-state index is 11.7. The Hall–Kier alpha value is -0.910. The molecule has 0 aliphatic rings. The van der Waals surface area contributed by atoms with Crippen LogP contribution < -0.4 is 15.4 Å². The van der Waals surface area contributed by atoms with Crippen molar-refractivity contribution in [1.82, 2.24) is 15.4 Å². The third-order valence-electron chi connectivity index (χ3n) is 5.20. The number of nitrogens with one attached hydrogen (secondary N) is 3. The van der Waals surface area contributed by atoms with Gasteiger partial charge in [0.05, 0.1) is 12.3 Å². The molecule has 0 aromatic heterocycles. The maximum absolute atomic E-state index is 11.7. The van der Waals surface area contributed by atoms with E-state index in [0.717, 1.165) is 49.4 Å². The van der Waals surface area contributed by atoms with E-state index in [1.807, 2.05) is 25.1 Å². The highest BCUT2D eigenvalue weighted by Gasteiger charge is 2.25. The zero-order chi connectivity index (χ0) is 21.0. The van der Waals surface area contributed by atoms with Crippen LogP contribution in [0.2, 0.25) is 0 Å². The first-order valence-corrected chi connectivity index (χ1v) is 11.6. The molecule has 0 aliphatic heterocycles. The molecule has 1 rings (SSSR count). The molecule has 4 N–H and O–H groups in total. The molecule has 0 aliphatic carbocycles. The minimum absolute atomic E-state index is 0. The highest BCUT2D eigenvalue weighted by molar-refractivity contribution is 14.0. The van der Waals surface area contributed by atoms with Crippen LogP contribution in [0.1, 0.15) is 51.2 Å². The van der Waals surface area contributed by atoms with Crippen LogP contribution in [0, 0.1) is 5.41 Å². The van der Waals surface area contributed by atoms with Gasteiger partial charge in [0, 0.05) is 19.7 Å². The Balaban J connectivity index is 0.00000784. The normalized spacial score (nSPS) is 12.4. The molecular formula is C20H37IN4O3S. The van der Waals surface area contributed by atoms with Gasteiger partial charge >= 0.3 is 0 Å². The molecule has 9 heteroatoms. The van der Waals surface area contributed by atoms with Crippen LogP contribution in [-0.4, -0.2) is 46.2 Å². The summed E-state index contributed by atoms with van der Waals surface area (Å²) in [6, 6.07) is 7.47. The van der Waals surface area contributed by atoms with Crippen molar-refractivity contribution < 1.29 is 13.5 Å². The number of aliphatic hydroxyl groups is 1. The average Bonchev–Trinajstić information content (AvgIpc) is 2.69. The Morgan fingerprint density at radius 1 is 1.14 bits per heavy atom. The predicted octanol–water partition coefficient (Wildman–Crippen LogP) is 2.60. The van der Waals surface area contributed by atoms with Gasteiger partial charge in [0.2, 0.25) is 10.0 Å². The molecule has 0 bridgehead atoms. The second-order valence-corrected chi connectivity index (χ2v) is 8.94. The molecule has 1 aromatic carbocycles. The van der Waals surface area contributed by atoms with Crippen LogP contribution in [0.25, 0.3) is 0 Å². The van der Waals surface area contributed by atoms with Crippen LogP contribution in [0.15, 0.2) is 29.3 Å². The lowest BCUT2D eigenvalue weighted by molar-refractivity contribution is 0.169. The number of hydrogen-bond donors (Lipinski definition) is 4. The summed E-state index contributed by atoms with van der Waals surface area (Å²) in [5.41, 5.74) is 1.74. The molecule has 0 saturated carbocycles. The van der Waals surface area contributed by atoms with E-state index >= 15 is 0 Å². The molecular weight excluding hydrogens is 503 g/mol. The standard InChI is InChI=1S/C20H36N4O3S.HI/c1-5-20(6-2,11-12-25)16-24-19(22-7-3)23-14-17-9-8-10-18(13-17)15-28(26,27)21-4;/h8-10,13,21,25H,5-7,11-12,14-16H2,1-4H3,(H2,22,23,24);1H. The van der Waals surface area contributed by atoms with E-state index in [9.17, 15) is 13.5 Å². The number of aliphatic hydroxyl groups excluding tert-OH is 1. The van der Waals surface area contributed by atoms with Gasteiger partial charge in [0.1, 0.15) is 0 Å². The van der Waals surface area contributed by atoms with Gasteiger partial charge in [-0.3, -0.25) is 0 Å². The van der Waals surface area contributed by atoms with E-state index in [2.05, 4.69) is 34.2 Å². The lowest BCUT2D eigenvalue weighted by Gasteiger charge is -2.32. The Morgan fingerprint density at radius 3 is 2.34 bits per heavy atom. The summed E-state index contributed by atoms with van der Waals surface area (Å²) in [5.74, 6) is 0.677. The Labute approximate surface area is 193 Å². The number of rotatable bonds is 12. The first-order valence-electron chi connectivity index (χ1n) is 9.95. The fraction of sp³-hybridized carbons (Fsp3) is 0.650. The molecule has 0 spiro atoms. The van der Waals surface area contributed by atoms with Crippen molar-refractivity contribution >= 4 is 40.0 Å². The van der Waals surface area contributed by atoms with Crippen LogP contribution in [-0.2, 0) is 22.3 Å². The number of hydrogen-bond acceptors (Lipinski definition) is 4. The summed E-state index contributed by atoms with van der Waals surface area (Å²) in [6.07, 6.45) is 2.73. The van der Waals surface area contributed by atoms with Crippen LogP contribution >= 0.6 is 24.0 Å². The first-order chi connectivity index (χ1) is 13.3. The predicted molar refractivity (Wildman–Crippen MR) is 131 cm³/mol. The van der Waals surface area contributed by atoms with Gasteiger partial charge in [-0.05, 0) is 49.8 Å².